The Morgan fingerprint density at radius 3 is 2.32 bits per heavy atom. The molecule has 1 amide bonds. The minimum Gasteiger partial charge on any atom is -0.347 e. The number of aryl methyl sites for hydroxylation is 1. The van der Waals surface area contributed by atoms with Crippen LogP contribution in [-0.2, 0) is 16.8 Å². The van der Waals surface area contributed by atoms with Crippen molar-refractivity contribution in [2.24, 2.45) is 0 Å². The third kappa shape index (κ3) is 3.19. The van der Waals surface area contributed by atoms with E-state index in [2.05, 4.69) is 5.32 Å². The minimum absolute atomic E-state index is 0.0629. The molecule has 1 aliphatic rings. The molecular weight excluding hydrogens is 277 g/mol. The fraction of sp³-hybridized carbons (Fsp3) is 0.316. The molecule has 0 radical (unpaired) electrons. The van der Waals surface area contributed by atoms with Gasteiger partial charge in [0.15, 0.2) is 0 Å². The van der Waals surface area contributed by atoms with Gasteiger partial charge in [-0.15, -0.1) is 0 Å². The van der Waals surface area contributed by atoms with Gasteiger partial charge in [-0.3, -0.25) is 4.79 Å². The third-order valence-corrected chi connectivity index (χ3v) is 4.47. The average molecular weight is 297 g/mol. The van der Waals surface area contributed by atoms with Crippen LogP contribution >= 0.6 is 0 Å². The number of hydrogen-bond acceptors (Lipinski definition) is 1. The second-order valence-corrected chi connectivity index (χ2v) is 5.98. The molecule has 0 atom stereocenters. The molecule has 1 aliphatic carbocycles. The van der Waals surface area contributed by atoms with Gasteiger partial charge in [0, 0.05) is 6.42 Å². The molecule has 3 rings (SSSR count). The highest BCUT2D eigenvalue weighted by atomic mass is 19.1. The Balaban J connectivity index is 1.62. The number of rotatable bonds is 5. The Morgan fingerprint density at radius 2 is 1.73 bits per heavy atom. The van der Waals surface area contributed by atoms with Crippen molar-refractivity contribution in [3.63, 3.8) is 0 Å². The number of nitrogens with one attached hydrogen (secondary N) is 1. The van der Waals surface area contributed by atoms with Gasteiger partial charge in [-0.2, -0.15) is 0 Å². The molecule has 1 N–H and O–H groups in total. The molecule has 22 heavy (non-hydrogen) atoms. The Bertz CT molecular complexity index is 632. The summed E-state index contributed by atoms with van der Waals surface area (Å²) in [4.78, 5) is 12.3. The van der Waals surface area contributed by atoms with E-state index in [1.807, 2.05) is 30.3 Å². The van der Waals surface area contributed by atoms with Gasteiger partial charge >= 0.3 is 0 Å². The van der Waals surface area contributed by atoms with Crippen LogP contribution in [0.1, 0.15) is 36.8 Å². The highest BCUT2D eigenvalue weighted by molar-refractivity contribution is 5.77. The van der Waals surface area contributed by atoms with E-state index in [-0.39, 0.29) is 17.3 Å². The SMILES string of the molecule is O=C(CCc1ccccc1)NC1(c2ccc(F)cc2)CCC1. The van der Waals surface area contributed by atoms with Gasteiger partial charge in [-0.1, -0.05) is 42.5 Å². The van der Waals surface area contributed by atoms with Crippen molar-refractivity contribution in [3.8, 4) is 0 Å². The summed E-state index contributed by atoms with van der Waals surface area (Å²) in [6, 6.07) is 16.5. The second-order valence-electron chi connectivity index (χ2n) is 5.98. The fourth-order valence-corrected chi connectivity index (χ4v) is 3.02. The molecule has 0 unspecified atom stereocenters. The van der Waals surface area contributed by atoms with Crippen molar-refractivity contribution in [2.75, 3.05) is 0 Å². The zero-order chi connectivity index (χ0) is 15.4. The highest BCUT2D eigenvalue weighted by Gasteiger charge is 2.39. The Labute approximate surface area is 130 Å². The van der Waals surface area contributed by atoms with Crippen LogP contribution < -0.4 is 5.32 Å². The summed E-state index contributed by atoms with van der Waals surface area (Å²) in [6.07, 6.45) is 4.17. The van der Waals surface area contributed by atoms with Crippen LogP contribution in [0.5, 0.6) is 0 Å². The van der Waals surface area contributed by atoms with Gasteiger partial charge in [0.05, 0.1) is 5.54 Å². The van der Waals surface area contributed by atoms with Crippen molar-refractivity contribution in [2.45, 2.75) is 37.6 Å². The summed E-state index contributed by atoms with van der Waals surface area (Å²) >= 11 is 0. The summed E-state index contributed by atoms with van der Waals surface area (Å²) in [6.45, 7) is 0. The van der Waals surface area contributed by atoms with Gasteiger partial charge < -0.3 is 5.32 Å². The molecule has 0 bridgehead atoms. The molecule has 0 aliphatic heterocycles. The van der Waals surface area contributed by atoms with Crippen molar-refractivity contribution in [1.82, 2.24) is 5.32 Å². The summed E-state index contributed by atoms with van der Waals surface area (Å²) in [5, 5.41) is 3.17. The first-order valence-electron chi connectivity index (χ1n) is 7.79. The predicted molar refractivity (Wildman–Crippen MR) is 84.8 cm³/mol. The molecule has 2 aromatic carbocycles. The predicted octanol–water partition coefficient (Wildman–Crippen LogP) is 3.95. The lowest BCUT2D eigenvalue weighted by Gasteiger charge is -2.43. The highest BCUT2D eigenvalue weighted by Crippen LogP contribution is 2.41. The van der Waals surface area contributed by atoms with E-state index < -0.39 is 0 Å². The Hall–Kier alpha value is -2.16. The van der Waals surface area contributed by atoms with E-state index in [4.69, 9.17) is 0 Å². The zero-order valence-electron chi connectivity index (χ0n) is 12.5. The lowest BCUT2D eigenvalue weighted by Crippen LogP contribution is -2.50. The summed E-state index contributed by atoms with van der Waals surface area (Å²) in [7, 11) is 0. The molecule has 2 aromatic rings. The van der Waals surface area contributed by atoms with Gasteiger partial charge in [0.25, 0.3) is 0 Å². The van der Waals surface area contributed by atoms with E-state index in [1.54, 1.807) is 12.1 Å². The van der Waals surface area contributed by atoms with Gasteiger partial charge in [-0.25, -0.2) is 4.39 Å². The molecule has 1 saturated carbocycles. The number of carbonyl (C=O) groups excluding carboxylic acids is 1. The van der Waals surface area contributed by atoms with E-state index in [9.17, 15) is 9.18 Å². The van der Waals surface area contributed by atoms with Gasteiger partial charge in [0.1, 0.15) is 5.82 Å². The van der Waals surface area contributed by atoms with Crippen molar-refractivity contribution in [1.29, 1.82) is 0 Å². The number of amides is 1. The van der Waals surface area contributed by atoms with Gasteiger partial charge in [-0.05, 0) is 48.9 Å². The molecule has 0 aromatic heterocycles. The molecule has 1 fully saturated rings. The zero-order valence-corrected chi connectivity index (χ0v) is 12.5. The maximum Gasteiger partial charge on any atom is 0.221 e. The van der Waals surface area contributed by atoms with E-state index in [0.29, 0.717) is 6.42 Å². The first-order chi connectivity index (χ1) is 10.7. The van der Waals surface area contributed by atoms with E-state index in [0.717, 1.165) is 31.2 Å². The van der Waals surface area contributed by atoms with Crippen LogP contribution in [0.15, 0.2) is 54.6 Å². The number of carbonyl (C=O) groups is 1. The van der Waals surface area contributed by atoms with Crippen LogP contribution in [0, 0.1) is 5.82 Å². The molecule has 0 saturated heterocycles. The lowest BCUT2D eigenvalue weighted by atomic mass is 9.71. The third-order valence-electron chi connectivity index (χ3n) is 4.47. The maximum atomic E-state index is 13.1. The summed E-state index contributed by atoms with van der Waals surface area (Å²) in [5.74, 6) is -0.179. The van der Waals surface area contributed by atoms with Crippen molar-refractivity contribution >= 4 is 5.91 Å². The fourth-order valence-electron chi connectivity index (χ4n) is 3.02. The summed E-state index contributed by atoms with van der Waals surface area (Å²) in [5.41, 5.74) is 1.89. The van der Waals surface area contributed by atoms with Crippen molar-refractivity contribution in [3.05, 3.63) is 71.5 Å². The van der Waals surface area contributed by atoms with E-state index in [1.165, 1.54) is 17.7 Å². The van der Waals surface area contributed by atoms with Crippen LogP contribution in [0.4, 0.5) is 4.39 Å². The van der Waals surface area contributed by atoms with Gasteiger partial charge in [0.2, 0.25) is 5.91 Å². The first-order valence-corrected chi connectivity index (χ1v) is 7.79. The van der Waals surface area contributed by atoms with E-state index >= 15 is 0 Å². The lowest BCUT2D eigenvalue weighted by molar-refractivity contribution is -0.124. The minimum atomic E-state index is -0.290. The monoisotopic (exact) mass is 297 g/mol. The summed E-state index contributed by atoms with van der Waals surface area (Å²) < 4.78 is 13.1. The quantitative estimate of drug-likeness (QED) is 0.889. The molecule has 114 valence electrons. The normalized spacial score (nSPS) is 15.9. The smallest absolute Gasteiger partial charge is 0.221 e. The Morgan fingerprint density at radius 1 is 1.05 bits per heavy atom. The maximum absolute atomic E-state index is 13.1. The standard InChI is InChI=1S/C19H20FNO/c20-17-10-8-16(9-11-17)19(13-4-14-19)21-18(22)12-7-15-5-2-1-3-6-15/h1-3,5-6,8-11H,4,7,12-14H2,(H,21,22). The molecule has 3 heteroatoms. The number of halogens is 1. The molecule has 0 heterocycles. The van der Waals surface area contributed by atoms with Crippen LogP contribution in [-0.4, -0.2) is 5.91 Å². The second kappa shape index (κ2) is 6.30. The molecular formula is C19H20FNO. The number of benzene rings is 2. The first kappa shape index (κ1) is 14.8. The average Bonchev–Trinajstić information content (AvgIpc) is 2.51. The van der Waals surface area contributed by atoms with Crippen LogP contribution in [0.2, 0.25) is 0 Å². The van der Waals surface area contributed by atoms with Crippen LogP contribution in [0.3, 0.4) is 0 Å². The van der Waals surface area contributed by atoms with Crippen molar-refractivity contribution < 1.29 is 9.18 Å². The number of hydrogen-bond donors (Lipinski definition) is 1. The largest absolute Gasteiger partial charge is 0.347 e. The topological polar surface area (TPSA) is 29.1 Å². The molecule has 2 nitrogen and oxygen atoms in total. The molecule has 0 spiro atoms. The van der Waals surface area contributed by atoms with Crippen LogP contribution in [0.25, 0.3) is 0 Å². The Kier molecular flexibility index (Phi) is 4.23.